The Bertz CT molecular complexity index is 628. The minimum atomic E-state index is -0.166. The molecular weight excluding hydrogens is 348 g/mol. The third kappa shape index (κ3) is 6.62. The van der Waals surface area contributed by atoms with Crippen molar-refractivity contribution < 1.29 is 18.7 Å². The van der Waals surface area contributed by atoms with Gasteiger partial charge in [-0.25, -0.2) is 4.99 Å². The largest absolute Gasteiger partial charge is 0.469 e. The van der Waals surface area contributed by atoms with Gasteiger partial charge in [-0.15, -0.1) is 0 Å². The van der Waals surface area contributed by atoms with Gasteiger partial charge in [0.2, 0.25) is 5.91 Å². The molecule has 2 rings (SSSR count). The number of esters is 1. The van der Waals surface area contributed by atoms with Crippen LogP contribution < -0.4 is 5.32 Å². The molecule has 1 aromatic rings. The van der Waals surface area contributed by atoms with Crippen LogP contribution >= 0.6 is 0 Å². The molecule has 2 heterocycles. The lowest BCUT2D eigenvalue weighted by atomic mass is 9.98. The van der Waals surface area contributed by atoms with E-state index in [9.17, 15) is 9.59 Å². The van der Waals surface area contributed by atoms with Crippen LogP contribution in [0.4, 0.5) is 0 Å². The van der Waals surface area contributed by atoms with E-state index >= 15 is 0 Å². The molecular formula is C19H30N4O4. The number of nitrogens with one attached hydrogen (secondary N) is 1. The maximum Gasteiger partial charge on any atom is 0.310 e. The molecule has 1 N–H and O–H groups in total. The summed E-state index contributed by atoms with van der Waals surface area (Å²) in [4.78, 5) is 32.1. The molecule has 1 amide bonds. The van der Waals surface area contributed by atoms with Crippen molar-refractivity contribution in [2.75, 3.05) is 46.9 Å². The SMILES string of the molecule is CCOC(=O)C1CCCN(C(=NCC(=O)N(C)C)NCCc2ccco2)C1. The fourth-order valence-corrected chi connectivity index (χ4v) is 2.93. The third-order valence-electron chi connectivity index (χ3n) is 4.44. The highest BCUT2D eigenvalue weighted by molar-refractivity contribution is 5.85. The fraction of sp³-hybridized carbons (Fsp3) is 0.632. The zero-order valence-electron chi connectivity index (χ0n) is 16.4. The average Bonchev–Trinajstić information content (AvgIpc) is 3.18. The van der Waals surface area contributed by atoms with Crippen LogP contribution in [0.5, 0.6) is 0 Å². The average molecular weight is 378 g/mol. The van der Waals surface area contributed by atoms with Gasteiger partial charge in [-0.3, -0.25) is 9.59 Å². The molecule has 1 saturated heterocycles. The molecule has 1 unspecified atom stereocenters. The van der Waals surface area contributed by atoms with Crippen molar-refractivity contribution in [2.24, 2.45) is 10.9 Å². The van der Waals surface area contributed by atoms with E-state index in [1.807, 2.05) is 24.0 Å². The maximum atomic E-state index is 12.1. The van der Waals surface area contributed by atoms with E-state index in [0.717, 1.165) is 25.1 Å². The standard InChI is InChI=1S/C19H30N4O4/c1-4-26-18(25)15-7-5-11-23(14-15)19(21-13-17(24)22(2)3)20-10-9-16-8-6-12-27-16/h6,8,12,15H,4-5,7,9-11,13-14H2,1-3H3,(H,20,21). The van der Waals surface area contributed by atoms with Crippen LogP contribution in [0.2, 0.25) is 0 Å². The van der Waals surface area contributed by atoms with Crippen LogP contribution in [-0.4, -0.2) is 74.5 Å². The Morgan fingerprint density at radius 2 is 2.26 bits per heavy atom. The summed E-state index contributed by atoms with van der Waals surface area (Å²) < 4.78 is 10.5. The number of furan rings is 1. The molecule has 1 aromatic heterocycles. The second-order valence-electron chi connectivity index (χ2n) is 6.72. The van der Waals surface area contributed by atoms with E-state index in [4.69, 9.17) is 9.15 Å². The lowest BCUT2D eigenvalue weighted by Crippen LogP contribution is -2.49. The first kappa shape index (κ1) is 20.8. The summed E-state index contributed by atoms with van der Waals surface area (Å²) in [6.45, 7) is 4.23. The molecule has 0 aliphatic carbocycles. The summed E-state index contributed by atoms with van der Waals surface area (Å²) in [6, 6.07) is 3.78. The number of hydrogen-bond donors (Lipinski definition) is 1. The van der Waals surface area contributed by atoms with Gasteiger partial charge in [0.05, 0.1) is 18.8 Å². The predicted molar refractivity (Wildman–Crippen MR) is 102 cm³/mol. The number of likely N-dealkylation sites (N-methyl/N-ethyl adjacent to an activating group) is 1. The highest BCUT2D eigenvalue weighted by atomic mass is 16.5. The Kier molecular flexibility index (Phi) is 8.16. The van der Waals surface area contributed by atoms with Crippen LogP contribution in [0.15, 0.2) is 27.8 Å². The molecule has 0 aromatic carbocycles. The molecule has 0 radical (unpaired) electrons. The molecule has 8 heteroatoms. The Morgan fingerprint density at radius 3 is 2.93 bits per heavy atom. The van der Waals surface area contributed by atoms with E-state index in [1.165, 1.54) is 4.90 Å². The Balaban J connectivity index is 2.01. The minimum Gasteiger partial charge on any atom is -0.469 e. The number of nitrogens with zero attached hydrogens (tertiary/aromatic N) is 3. The van der Waals surface area contributed by atoms with Crippen LogP contribution in [-0.2, 0) is 20.7 Å². The van der Waals surface area contributed by atoms with Crippen molar-refractivity contribution in [3.05, 3.63) is 24.2 Å². The molecule has 1 atom stereocenters. The van der Waals surface area contributed by atoms with Crippen LogP contribution in [0.25, 0.3) is 0 Å². The van der Waals surface area contributed by atoms with Gasteiger partial charge in [0.1, 0.15) is 12.3 Å². The van der Waals surface area contributed by atoms with Crippen LogP contribution in [0.1, 0.15) is 25.5 Å². The normalized spacial score (nSPS) is 17.5. The number of carbonyl (C=O) groups excluding carboxylic acids is 2. The lowest BCUT2D eigenvalue weighted by Gasteiger charge is -2.34. The highest BCUT2D eigenvalue weighted by Gasteiger charge is 2.28. The van der Waals surface area contributed by atoms with Crippen molar-refractivity contribution in [3.8, 4) is 0 Å². The summed E-state index contributed by atoms with van der Waals surface area (Å²) in [7, 11) is 3.42. The van der Waals surface area contributed by atoms with Gasteiger partial charge in [0.25, 0.3) is 0 Å². The zero-order chi connectivity index (χ0) is 19.6. The second kappa shape index (κ2) is 10.6. The van der Waals surface area contributed by atoms with Crippen molar-refractivity contribution in [1.29, 1.82) is 0 Å². The number of rotatable bonds is 7. The summed E-state index contributed by atoms with van der Waals surface area (Å²) in [5.41, 5.74) is 0. The number of amides is 1. The topological polar surface area (TPSA) is 87.4 Å². The first-order valence-electron chi connectivity index (χ1n) is 9.43. The first-order chi connectivity index (χ1) is 13.0. The number of piperidine rings is 1. The summed E-state index contributed by atoms with van der Waals surface area (Å²) >= 11 is 0. The molecule has 1 aliphatic heterocycles. The number of carbonyl (C=O) groups is 2. The number of hydrogen-bond acceptors (Lipinski definition) is 5. The number of likely N-dealkylation sites (tertiary alicyclic amines) is 1. The smallest absolute Gasteiger partial charge is 0.310 e. The number of guanidine groups is 1. The number of aliphatic imine (C=N–C) groups is 1. The summed E-state index contributed by atoms with van der Waals surface area (Å²) in [6.07, 6.45) is 4.05. The van der Waals surface area contributed by atoms with Crippen LogP contribution in [0, 0.1) is 5.92 Å². The minimum absolute atomic E-state index is 0.0661. The Hall–Kier alpha value is -2.51. The molecule has 0 saturated carbocycles. The molecule has 150 valence electrons. The highest BCUT2D eigenvalue weighted by Crippen LogP contribution is 2.18. The fourth-order valence-electron chi connectivity index (χ4n) is 2.93. The molecule has 1 aliphatic rings. The van der Waals surface area contributed by atoms with E-state index < -0.39 is 0 Å². The van der Waals surface area contributed by atoms with E-state index in [2.05, 4.69) is 10.3 Å². The lowest BCUT2D eigenvalue weighted by molar-refractivity contribution is -0.149. The molecule has 1 fully saturated rings. The molecule has 8 nitrogen and oxygen atoms in total. The van der Waals surface area contributed by atoms with Crippen molar-refractivity contribution in [1.82, 2.24) is 15.1 Å². The van der Waals surface area contributed by atoms with Gasteiger partial charge >= 0.3 is 5.97 Å². The molecule has 0 bridgehead atoms. The van der Waals surface area contributed by atoms with Gasteiger partial charge in [0, 0.05) is 40.2 Å². The monoisotopic (exact) mass is 378 g/mol. The number of ether oxygens (including phenoxy) is 1. The van der Waals surface area contributed by atoms with Gasteiger partial charge in [0.15, 0.2) is 5.96 Å². The van der Waals surface area contributed by atoms with Crippen molar-refractivity contribution in [3.63, 3.8) is 0 Å². The third-order valence-corrected chi connectivity index (χ3v) is 4.44. The Labute approximate surface area is 160 Å². The quantitative estimate of drug-likeness (QED) is 0.435. The van der Waals surface area contributed by atoms with Crippen molar-refractivity contribution >= 4 is 17.8 Å². The van der Waals surface area contributed by atoms with Gasteiger partial charge in [-0.2, -0.15) is 0 Å². The second-order valence-corrected chi connectivity index (χ2v) is 6.72. The van der Waals surface area contributed by atoms with E-state index in [0.29, 0.717) is 32.1 Å². The molecule has 0 spiro atoms. The zero-order valence-corrected chi connectivity index (χ0v) is 16.4. The maximum absolute atomic E-state index is 12.1. The van der Waals surface area contributed by atoms with Gasteiger partial charge in [-0.05, 0) is 31.9 Å². The van der Waals surface area contributed by atoms with Gasteiger partial charge in [-0.1, -0.05) is 0 Å². The first-order valence-corrected chi connectivity index (χ1v) is 9.43. The summed E-state index contributed by atoms with van der Waals surface area (Å²) in [5, 5.41) is 3.31. The van der Waals surface area contributed by atoms with E-state index in [1.54, 1.807) is 20.4 Å². The predicted octanol–water partition coefficient (Wildman–Crippen LogP) is 1.13. The summed E-state index contributed by atoms with van der Waals surface area (Å²) in [5.74, 6) is 1.13. The Morgan fingerprint density at radius 1 is 1.44 bits per heavy atom. The van der Waals surface area contributed by atoms with E-state index in [-0.39, 0.29) is 24.3 Å². The molecule has 27 heavy (non-hydrogen) atoms. The van der Waals surface area contributed by atoms with Crippen LogP contribution in [0.3, 0.4) is 0 Å². The van der Waals surface area contributed by atoms with Crippen molar-refractivity contribution in [2.45, 2.75) is 26.2 Å². The van der Waals surface area contributed by atoms with Gasteiger partial charge < -0.3 is 24.3 Å².